The summed E-state index contributed by atoms with van der Waals surface area (Å²) < 4.78 is 46.5. The molecule has 2 unspecified atom stereocenters. The summed E-state index contributed by atoms with van der Waals surface area (Å²) >= 11 is 0. The van der Waals surface area contributed by atoms with E-state index in [4.69, 9.17) is 4.74 Å². The Bertz CT molecular complexity index is 461. The Morgan fingerprint density at radius 1 is 1.30 bits per heavy atom. The third kappa shape index (κ3) is 3.43. The average molecular weight is 290 g/mol. The first-order valence-electron chi connectivity index (χ1n) is 6.44. The zero-order valence-corrected chi connectivity index (χ0v) is 11.1. The van der Waals surface area contributed by atoms with Gasteiger partial charge in [-0.3, -0.25) is 0 Å². The number of halogens is 3. The lowest BCUT2D eigenvalue weighted by molar-refractivity contribution is -0.275. The molecule has 3 nitrogen and oxygen atoms in total. The summed E-state index contributed by atoms with van der Waals surface area (Å²) in [4.78, 5) is 0. The molecule has 2 rings (SSSR count). The zero-order valence-electron chi connectivity index (χ0n) is 11.1. The van der Waals surface area contributed by atoms with Gasteiger partial charge in [-0.1, -0.05) is 18.2 Å². The molecular formula is C14H17F3O3. The lowest BCUT2D eigenvalue weighted by atomic mass is 9.78. The molecule has 0 saturated heterocycles. The van der Waals surface area contributed by atoms with Gasteiger partial charge in [0.05, 0.1) is 11.7 Å². The predicted octanol–water partition coefficient (Wildman–Crippen LogP) is 3.36. The Kier molecular flexibility index (Phi) is 4.25. The van der Waals surface area contributed by atoms with Gasteiger partial charge in [0.1, 0.15) is 5.75 Å². The minimum absolute atomic E-state index is 0.160. The van der Waals surface area contributed by atoms with Crippen LogP contribution in [0.1, 0.15) is 31.2 Å². The van der Waals surface area contributed by atoms with Crippen LogP contribution in [-0.2, 0) is 10.3 Å². The van der Waals surface area contributed by atoms with E-state index in [1.165, 1.54) is 25.3 Å². The molecule has 0 spiro atoms. The molecule has 0 aliphatic heterocycles. The van der Waals surface area contributed by atoms with E-state index in [2.05, 4.69) is 4.74 Å². The van der Waals surface area contributed by atoms with Crippen molar-refractivity contribution in [2.24, 2.45) is 0 Å². The summed E-state index contributed by atoms with van der Waals surface area (Å²) in [5.41, 5.74) is -1.18. The topological polar surface area (TPSA) is 38.7 Å². The fourth-order valence-electron chi connectivity index (χ4n) is 2.71. The summed E-state index contributed by atoms with van der Waals surface area (Å²) in [5.74, 6) is -0.348. The van der Waals surface area contributed by atoms with Crippen molar-refractivity contribution in [1.82, 2.24) is 0 Å². The van der Waals surface area contributed by atoms with Gasteiger partial charge in [-0.25, -0.2) is 0 Å². The van der Waals surface area contributed by atoms with E-state index < -0.39 is 12.0 Å². The van der Waals surface area contributed by atoms with Crippen LogP contribution in [0, 0.1) is 0 Å². The van der Waals surface area contributed by atoms with Crippen LogP contribution in [0.5, 0.6) is 5.75 Å². The molecule has 2 atom stereocenters. The van der Waals surface area contributed by atoms with Gasteiger partial charge in [0, 0.05) is 19.1 Å². The highest BCUT2D eigenvalue weighted by molar-refractivity contribution is 5.38. The highest BCUT2D eigenvalue weighted by Gasteiger charge is 2.40. The average Bonchev–Trinajstić information content (AvgIpc) is 2.37. The second-order valence-corrected chi connectivity index (χ2v) is 5.03. The maximum atomic E-state index is 12.4. The fraction of sp³-hybridized carbons (Fsp3) is 0.571. The second kappa shape index (κ2) is 5.61. The third-order valence-corrected chi connectivity index (χ3v) is 3.63. The van der Waals surface area contributed by atoms with Crippen LogP contribution in [0.2, 0.25) is 0 Å². The Balaban J connectivity index is 2.31. The van der Waals surface area contributed by atoms with Gasteiger partial charge in [-0.2, -0.15) is 0 Å². The number of hydrogen-bond acceptors (Lipinski definition) is 3. The van der Waals surface area contributed by atoms with E-state index in [0.29, 0.717) is 12.8 Å². The van der Waals surface area contributed by atoms with Gasteiger partial charge in [-0.15, -0.1) is 13.2 Å². The van der Waals surface area contributed by atoms with Crippen LogP contribution >= 0.6 is 0 Å². The summed E-state index contributed by atoms with van der Waals surface area (Å²) in [6.45, 7) is 0. The molecule has 0 bridgehead atoms. The molecule has 1 aromatic carbocycles. The predicted molar refractivity (Wildman–Crippen MR) is 66.3 cm³/mol. The summed E-state index contributed by atoms with van der Waals surface area (Å²) in [5, 5.41) is 10.7. The standard InChI is InChI=1S/C14H17F3O3/c1-19-10-5-4-8-13(18,9-10)11-6-2-3-7-12(11)20-14(15,16)17/h2-3,6-7,10,18H,4-5,8-9H2,1H3. The van der Waals surface area contributed by atoms with Crippen molar-refractivity contribution in [2.45, 2.75) is 43.8 Å². The highest BCUT2D eigenvalue weighted by atomic mass is 19.4. The lowest BCUT2D eigenvalue weighted by Gasteiger charge is -2.37. The number of para-hydroxylation sites is 1. The van der Waals surface area contributed by atoms with Crippen LogP contribution in [0.4, 0.5) is 13.2 Å². The first-order valence-corrected chi connectivity index (χ1v) is 6.44. The Hall–Kier alpha value is -1.27. The zero-order chi connectivity index (χ0) is 14.8. The van der Waals surface area contributed by atoms with Gasteiger partial charge >= 0.3 is 6.36 Å². The van der Waals surface area contributed by atoms with Gasteiger partial charge in [0.2, 0.25) is 0 Å². The maximum absolute atomic E-state index is 12.4. The molecule has 1 N–H and O–H groups in total. The van der Waals surface area contributed by atoms with Crippen molar-refractivity contribution < 1.29 is 27.8 Å². The highest BCUT2D eigenvalue weighted by Crippen LogP contribution is 2.42. The molecule has 0 aromatic heterocycles. The molecule has 112 valence electrons. The molecule has 1 fully saturated rings. The van der Waals surface area contributed by atoms with Crippen molar-refractivity contribution >= 4 is 0 Å². The van der Waals surface area contributed by atoms with Crippen molar-refractivity contribution in [3.05, 3.63) is 29.8 Å². The summed E-state index contributed by atoms with van der Waals surface area (Å²) in [6, 6.07) is 5.73. The molecule has 0 radical (unpaired) electrons. The number of hydrogen-bond donors (Lipinski definition) is 1. The number of aliphatic hydroxyl groups is 1. The minimum Gasteiger partial charge on any atom is -0.405 e. The molecule has 1 saturated carbocycles. The number of ether oxygens (including phenoxy) is 2. The monoisotopic (exact) mass is 290 g/mol. The number of alkyl halides is 3. The molecule has 0 heterocycles. The maximum Gasteiger partial charge on any atom is 0.573 e. The van der Waals surface area contributed by atoms with E-state index in [1.807, 2.05) is 0 Å². The van der Waals surface area contributed by atoms with Crippen molar-refractivity contribution in [1.29, 1.82) is 0 Å². The lowest BCUT2D eigenvalue weighted by Crippen LogP contribution is -2.36. The first-order chi connectivity index (χ1) is 9.34. The largest absolute Gasteiger partial charge is 0.573 e. The Morgan fingerprint density at radius 3 is 2.65 bits per heavy atom. The summed E-state index contributed by atoms with van der Waals surface area (Å²) in [7, 11) is 1.54. The molecule has 0 amide bonds. The van der Waals surface area contributed by atoms with Crippen molar-refractivity contribution in [3.63, 3.8) is 0 Å². The number of rotatable bonds is 3. The van der Waals surface area contributed by atoms with Crippen molar-refractivity contribution in [2.75, 3.05) is 7.11 Å². The Morgan fingerprint density at radius 2 is 2.00 bits per heavy atom. The molecule has 1 aliphatic rings. The first kappa shape index (κ1) is 15.1. The van der Waals surface area contributed by atoms with E-state index in [9.17, 15) is 18.3 Å². The molecular weight excluding hydrogens is 273 g/mol. The van der Waals surface area contributed by atoms with Crippen LogP contribution < -0.4 is 4.74 Å². The van der Waals surface area contributed by atoms with Crippen LogP contribution in [0.3, 0.4) is 0 Å². The number of benzene rings is 1. The normalized spacial score (nSPS) is 27.4. The van der Waals surface area contributed by atoms with Gasteiger partial charge in [0.25, 0.3) is 0 Å². The quantitative estimate of drug-likeness (QED) is 0.927. The van der Waals surface area contributed by atoms with E-state index >= 15 is 0 Å². The third-order valence-electron chi connectivity index (χ3n) is 3.63. The molecule has 1 aromatic rings. The summed E-state index contributed by atoms with van der Waals surface area (Å²) in [6.07, 6.45) is -2.79. The minimum atomic E-state index is -4.78. The van der Waals surface area contributed by atoms with Gasteiger partial charge in [-0.05, 0) is 25.3 Å². The molecule has 20 heavy (non-hydrogen) atoms. The van der Waals surface area contributed by atoms with Crippen LogP contribution in [0.25, 0.3) is 0 Å². The van der Waals surface area contributed by atoms with Gasteiger partial charge < -0.3 is 14.6 Å². The van der Waals surface area contributed by atoms with Crippen molar-refractivity contribution in [3.8, 4) is 5.75 Å². The Labute approximate surface area is 115 Å². The van der Waals surface area contributed by atoms with Gasteiger partial charge in [0.15, 0.2) is 0 Å². The SMILES string of the molecule is COC1CCCC(O)(c2ccccc2OC(F)(F)F)C1. The van der Waals surface area contributed by atoms with E-state index in [1.54, 1.807) is 6.07 Å². The van der Waals surface area contributed by atoms with E-state index in [-0.39, 0.29) is 23.8 Å². The molecule has 6 heteroatoms. The smallest absolute Gasteiger partial charge is 0.405 e. The van der Waals surface area contributed by atoms with Crippen LogP contribution in [0.15, 0.2) is 24.3 Å². The fourth-order valence-corrected chi connectivity index (χ4v) is 2.71. The second-order valence-electron chi connectivity index (χ2n) is 5.03. The number of methoxy groups -OCH3 is 1. The molecule has 1 aliphatic carbocycles. The van der Waals surface area contributed by atoms with E-state index in [0.717, 1.165) is 6.42 Å². The van der Waals surface area contributed by atoms with Crippen LogP contribution in [-0.4, -0.2) is 24.7 Å².